The molecule has 11 heteroatoms. The van der Waals surface area contributed by atoms with Crippen molar-refractivity contribution in [2.24, 2.45) is 17.3 Å². The summed E-state index contributed by atoms with van der Waals surface area (Å²) in [5.41, 5.74) is 0.237. The topological polar surface area (TPSA) is 72.7 Å². The van der Waals surface area contributed by atoms with E-state index in [1.165, 1.54) is 25.0 Å². The van der Waals surface area contributed by atoms with Crippen LogP contribution < -0.4 is 9.47 Å². The molecular weight excluding hydrogens is 487 g/mol. The third-order valence-electron chi connectivity index (χ3n) is 8.90. The maximum absolute atomic E-state index is 14.3. The number of benzene rings is 1. The number of urea groups is 1. The molecule has 3 heterocycles. The zero-order chi connectivity index (χ0) is 25.3. The summed E-state index contributed by atoms with van der Waals surface area (Å²) in [7, 11) is 0. The number of ether oxygens (including phenoxy) is 2. The number of nitrogens with zero attached hydrogens (tertiary/aromatic N) is 5. The minimum absolute atomic E-state index is 0.0406. The molecular formula is C26H30F3N5O3. The number of rotatable bonds is 6. The van der Waals surface area contributed by atoms with Gasteiger partial charge in [-0.1, -0.05) is 0 Å². The predicted molar refractivity (Wildman–Crippen MR) is 125 cm³/mol. The molecule has 2 aromatic rings. The van der Waals surface area contributed by atoms with Gasteiger partial charge >= 0.3 is 12.6 Å². The van der Waals surface area contributed by atoms with Crippen molar-refractivity contribution in [1.29, 1.82) is 0 Å². The molecule has 3 saturated carbocycles. The molecule has 1 spiro atoms. The van der Waals surface area contributed by atoms with Gasteiger partial charge in [0.15, 0.2) is 17.4 Å². The summed E-state index contributed by atoms with van der Waals surface area (Å²) >= 11 is 0. The largest absolute Gasteiger partial charge is 0.487 e. The fourth-order valence-electron chi connectivity index (χ4n) is 6.91. The van der Waals surface area contributed by atoms with Crippen LogP contribution in [-0.4, -0.2) is 69.5 Å². The molecule has 8 nitrogen and oxygen atoms in total. The van der Waals surface area contributed by atoms with Crippen LogP contribution in [0.5, 0.6) is 11.5 Å². The molecule has 1 aromatic heterocycles. The van der Waals surface area contributed by atoms with Crippen LogP contribution in [-0.2, 0) is 0 Å². The van der Waals surface area contributed by atoms with E-state index >= 15 is 0 Å². The van der Waals surface area contributed by atoms with Crippen molar-refractivity contribution in [3.63, 3.8) is 0 Å². The Balaban J connectivity index is 0.869. The van der Waals surface area contributed by atoms with Gasteiger partial charge < -0.3 is 19.3 Å². The lowest BCUT2D eigenvalue weighted by molar-refractivity contribution is -0.0735. The van der Waals surface area contributed by atoms with Gasteiger partial charge in [-0.3, -0.25) is 0 Å². The van der Waals surface area contributed by atoms with Gasteiger partial charge in [-0.05, 0) is 62.5 Å². The van der Waals surface area contributed by atoms with E-state index in [2.05, 4.69) is 14.8 Å². The summed E-state index contributed by atoms with van der Waals surface area (Å²) in [6, 6.07) is 4.05. The van der Waals surface area contributed by atoms with Crippen LogP contribution in [0.25, 0.3) is 0 Å². The zero-order valence-corrected chi connectivity index (χ0v) is 20.4. The SMILES string of the molecule is O=C(N1C[C@H]2CC(Oc3ccc(OC(F)F)cc3F)C[C@H]2C1)N1CC2(CC(n3cnc(C4CC4)n3)C2)C1. The number of carbonyl (C=O) groups is 1. The van der Waals surface area contributed by atoms with Gasteiger partial charge in [0.25, 0.3) is 0 Å². The van der Waals surface area contributed by atoms with Gasteiger partial charge in [0.1, 0.15) is 12.1 Å². The number of hydrogen-bond donors (Lipinski definition) is 0. The minimum Gasteiger partial charge on any atom is -0.487 e. The molecule has 5 fully saturated rings. The van der Waals surface area contributed by atoms with E-state index in [9.17, 15) is 18.0 Å². The third kappa shape index (κ3) is 4.29. The predicted octanol–water partition coefficient (Wildman–Crippen LogP) is 4.44. The van der Waals surface area contributed by atoms with E-state index < -0.39 is 12.4 Å². The summed E-state index contributed by atoms with van der Waals surface area (Å²) < 4.78 is 51.0. The molecule has 198 valence electrons. The highest BCUT2D eigenvalue weighted by Gasteiger charge is 2.56. The van der Waals surface area contributed by atoms with E-state index in [1.54, 1.807) is 0 Å². The standard InChI is InChI=1S/C26H30F3N5O3/c27-21-7-19(37-24(28)29)3-4-22(21)36-20-5-16-10-32(11-17(16)6-20)25(35)33-12-26(13-33)8-18(9-26)34-14-30-23(31-34)15-1-2-15/h3-4,7,14-18,20,24H,1-2,5-6,8-13H2/t16-,17+,20?. The molecule has 2 amide bonds. The lowest BCUT2D eigenvalue weighted by Gasteiger charge is -2.59. The summed E-state index contributed by atoms with van der Waals surface area (Å²) in [6.45, 7) is 0.0195. The number of amides is 2. The molecule has 1 unspecified atom stereocenters. The number of likely N-dealkylation sites (tertiary alicyclic amines) is 2. The van der Waals surface area contributed by atoms with Crippen LogP contribution in [0.2, 0.25) is 0 Å². The summed E-state index contributed by atoms with van der Waals surface area (Å²) in [5.74, 6) is 1.30. The summed E-state index contributed by atoms with van der Waals surface area (Å²) in [5, 5.41) is 4.67. The first-order valence-electron chi connectivity index (χ1n) is 13.2. The fraction of sp³-hybridized carbons (Fsp3) is 0.654. The van der Waals surface area contributed by atoms with Crippen LogP contribution in [0, 0.1) is 23.1 Å². The van der Waals surface area contributed by atoms with Crippen molar-refractivity contribution in [2.75, 3.05) is 26.2 Å². The molecule has 3 aliphatic carbocycles. The van der Waals surface area contributed by atoms with E-state index in [0.29, 0.717) is 36.9 Å². The van der Waals surface area contributed by atoms with E-state index in [4.69, 9.17) is 4.74 Å². The van der Waals surface area contributed by atoms with Gasteiger partial charge in [0.2, 0.25) is 0 Å². The van der Waals surface area contributed by atoms with Crippen molar-refractivity contribution in [3.8, 4) is 11.5 Å². The minimum atomic E-state index is -3.00. The Morgan fingerprint density at radius 2 is 1.81 bits per heavy atom. The maximum Gasteiger partial charge on any atom is 0.387 e. The second-order valence-electron chi connectivity index (χ2n) is 11.7. The van der Waals surface area contributed by atoms with E-state index in [1.807, 2.05) is 20.8 Å². The van der Waals surface area contributed by atoms with Crippen LogP contribution in [0.4, 0.5) is 18.0 Å². The highest BCUT2D eigenvalue weighted by Crippen LogP contribution is 2.54. The van der Waals surface area contributed by atoms with Crippen molar-refractivity contribution in [2.45, 2.75) is 63.2 Å². The monoisotopic (exact) mass is 517 g/mol. The quantitative estimate of drug-likeness (QED) is 0.567. The summed E-state index contributed by atoms with van der Waals surface area (Å²) in [6.07, 6.45) is 7.73. The number of aromatic nitrogens is 3. The highest BCUT2D eigenvalue weighted by atomic mass is 19.3. The first-order chi connectivity index (χ1) is 17.8. The highest BCUT2D eigenvalue weighted by molar-refractivity contribution is 5.76. The first kappa shape index (κ1) is 23.2. The molecule has 7 rings (SSSR count). The Hall–Kier alpha value is -2.98. The van der Waals surface area contributed by atoms with Crippen LogP contribution in [0.3, 0.4) is 0 Å². The third-order valence-corrected chi connectivity index (χ3v) is 8.90. The molecule has 0 bridgehead atoms. The average molecular weight is 518 g/mol. The number of halogens is 3. The number of alkyl halides is 2. The molecule has 2 saturated heterocycles. The van der Waals surface area contributed by atoms with Crippen molar-refractivity contribution < 1.29 is 27.4 Å². The average Bonchev–Trinajstić information content (AvgIpc) is 3.21. The van der Waals surface area contributed by atoms with E-state index in [-0.39, 0.29) is 29.0 Å². The number of carbonyl (C=O) groups excluding carboxylic acids is 1. The van der Waals surface area contributed by atoms with Crippen LogP contribution >= 0.6 is 0 Å². The maximum atomic E-state index is 14.3. The van der Waals surface area contributed by atoms with Crippen LogP contribution in [0.1, 0.15) is 56.3 Å². The second-order valence-corrected chi connectivity index (χ2v) is 11.7. The molecule has 0 radical (unpaired) electrons. The van der Waals surface area contributed by atoms with Gasteiger partial charge in [-0.2, -0.15) is 13.9 Å². The van der Waals surface area contributed by atoms with Gasteiger partial charge in [0, 0.05) is 43.6 Å². The molecule has 3 atom stereocenters. The normalized spacial score (nSPS) is 28.4. The summed E-state index contributed by atoms with van der Waals surface area (Å²) in [4.78, 5) is 21.5. The van der Waals surface area contributed by atoms with Crippen LogP contribution in [0.15, 0.2) is 24.5 Å². The Bertz CT molecular complexity index is 1180. The zero-order valence-electron chi connectivity index (χ0n) is 20.4. The second kappa shape index (κ2) is 8.52. The Kier molecular flexibility index (Phi) is 5.34. The number of hydrogen-bond acceptors (Lipinski definition) is 5. The smallest absolute Gasteiger partial charge is 0.387 e. The molecule has 5 aliphatic rings. The van der Waals surface area contributed by atoms with Gasteiger partial charge in [-0.25, -0.2) is 18.9 Å². The molecule has 2 aliphatic heterocycles. The Labute approximate surface area is 212 Å². The molecule has 0 N–H and O–H groups in total. The van der Waals surface area contributed by atoms with Crippen molar-refractivity contribution >= 4 is 6.03 Å². The van der Waals surface area contributed by atoms with Gasteiger partial charge in [-0.15, -0.1) is 0 Å². The van der Waals surface area contributed by atoms with Crippen molar-refractivity contribution in [3.05, 3.63) is 36.2 Å². The van der Waals surface area contributed by atoms with E-state index in [0.717, 1.165) is 50.7 Å². The molecule has 37 heavy (non-hydrogen) atoms. The lowest BCUT2D eigenvalue weighted by atomic mass is 9.61. The van der Waals surface area contributed by atoms with Gasteiger partial charge in [0.05, 0.1) is 12.1 Å². The Morgan fingerprint density at radius 3 is 2.46 bits per heavy atom. The Morgan fingerprint density at radius 1 is 1.08 bits per heavy atom. The fourth-order valence-corrected chi connectivity index (χ4v) is 6.91. The first-order valence-corrected chi connectivity index (χ1v) is 13.2. The lowest BCUT2D eigenvalue weighted by Crippen LogP contribution is -2.65. The number of fused-ring (bicyclic) bond motifs is 1. The molecule has 1 aromatic carbocycles. The van der Waals surface area contributed by atoms with Crippen molar-refractivity contribution in [1.82, 2.24) is 24.6 Å².